The lowest BCUT2D eigenvalue weighted by Crippen LogP contribution is -2.16. The minimum Gasteiger partial charge on any atom is -0.383 e. The zero-order valence-electron chi connectivity index (χ0n) is 8.10. The summed E-state index contributed by atoms with van der Waals surface area (Å²) in [5.74, 6) is 0.520. The van der Waals surface area contributed by atoms with E-state index in [0.29, 0.717) is 17.3 Å². The molecule has 1 aliphatic rings. The summed E-state index contributed by atoms with van der Waals surface area (Å²) in [4.78, 5) is 10.9. The van der Waals surface area contributed by atoms with E-state index in [0.717, 1.165) is 0 Å². The summed E-state index contributed by atoms with van der Waals surface area (Å²) in [6, 6.07) is 0.267. The third-order valence-corrected chi connectivity index (χ3v) is 2.79. The Morgan fingerprint density at radius 2 is 2.36 bits per heavy atom. The molecule has 1 aliphatic carbocycles. The largest absolute Gasteiger partial charge is 0.383 e. The molecule has 0 radical (unpaired) electrons. The molecule has 0 bridgehead atoms. The average Bonchev–Trinajstić information content (AvgIpc) is 2.88. The Kier molecular flexibility index (Phi) is 1.94. The number of hydrogen-bond donors (Lipinski definition) is 2. The van der Waals surface area contributed by atoms with Crippen molar-refractivity contribution in [3.63, 3.8) is 0 Å². The summed E-state index contributed by atoms with van der Waals surface area (Å²) < 4.78 is 1.69. The maximum absolute atomic E-state index is 10.9. The highest BCUT2D eigenvalue weighted by Gasteiger charge is 2.31. The molecule has 76 valence electrons. The van der Waals surface area contributed by atoms with Gasteiger partial charge in [0, 0.05) is 0 Å². The monoisotopic (exact) mass is 194 g/mol. The number of amides is 1. The van der Waals surface area contributed by atoms with Crippen LogP contribution in [0.1, 0.15) is 36.2 Å². The number of anilines is 1. The molecule has 1 saturated carbocycles. The van der Waals surface area contributed by atoms with Gasteiger partial charge in [0.2, 0.25) is 0 Å². The smallest absolute Gasteiger partial charge is 0.254 e. The molecule has 0 aliphatic heterocycles. The van der Waals surface area contributed by atoms with Crippen LogP contribution in [-0.2, 0) is 0 Å². The quantitative estimate of drug-likeness (QED) is 0.736. The van der Waals surface area contributed by atoms with E-state index in [-0.39, 0.29) is 6.04 Å². The first kappa shape index (κ1) is 9.05. The van der Waals surface area contributed by atoms with E-state index >= 15 is 0 Å². The van der Waals surface area contributed by atoms with E-state index in [9.17, 15) is 4.79 Å². The summed E-state index contributed by atoms with van der Waals surface area (Å²) in [7, 11) is 0. The van der Waals surface area contributed by atoms with Crippen LogP contribution in [0.2, 0.25) is 0 Å². The summed E-state index contributed by atoms with van der Waals surface area (Å²) >= 11 is 0. The molecule has 1 aromatic rings. The van der Waals surface area contributed by atoms with Gasteiger partial charge in [-0.1, -0.05) is 0 Å². The molecule has 0 spiro atoms. The van der Waals surface area contributed by atoms with Gasteiger partial charge in [0.25, 0.3) is 5.91 Å². The van der Waals surface area contributed by atoms with Crippen molar-refractivity contribution in [2.45, 2.75) is 25.8 Å². The number of primary amides is 1. The van der Waals surface area contributed by atoms with Gasteiger partial charge in [0.1, 0.15) is 11.4 Å². The standard InChI is InChI=1S/C9H14N4O/c1-5(6-2-3-6)13-8(10)7(4-12-13)9(11)14/h4-6H,2-3,10H2,1H3,(H2,11,14). The Balaban J connectivity index is 2.30. The third kappa shape index (κ3) is 1.34. The Morgan fingerprint density at radius 3 is 2.79 bits per heavy atom. The van der Waals surface area contributed by atoms with Gasteiger partial charge in [-0.2, -0.15) is 5.10 Å². The Labute approximate surface area is 82.1 Å². The average molecular weight is 194 g/mol. The molecule has 2 rings (SSSR count). The van der Waals surface area contributed by atoms with Gasteiger partial charge >= 0.3 is 0 Å². The fraction of sp³-hybridized carbons (Fsp3) is 0.556. The number of nitrogen functional groups attached to an aromatic ring is 1. The Morgan fingerprint density at radius 1 is 1.71 bits per heavy atom. The maximum atomic E-state index is 10.9. The van der Waals surface area contributed by atoms with Crippen molar-refractivity contribution >= 4 is 11.7 Å². The zero-order valence-corrected chi connectivity index (χ0v) is 8.10. The normalized spacial score (nSPS) is 18.1. The summed E-state index contributed by atoms with van der Waals surface area (Å²) in [6.45, 7) is 2.06. The predicted molar refractivity (Wildman–Crippen MR) is 52.6 cm³/mol. The second-order valence-electron chi connectivity index (χ2n) is 3.83. The number of nitrogens with zero attached hydrogens (tertiary/aromatic N) is 2. The predicted octanol–water partition coefficient (Wildman–Crippen LogP) is 0.535. The highest BCUT2D eigenvalue weighted by molar-refractivity contribution is 5.96. The number of aromatic nitrogens is 2. The van der Waals surface area contributed by atoms with Crippen LogP contribution < -0.4 is 11.5 Å². The Hall–Kier alpha value is -1.52. The summed E-state index contributed by atoms with van der Waals surface area (Å²) in [5.41, 5.74) is 11.2. The molecule has 14 heavy (non-hydrogen) atoms. The summed E-state index contributed by atoms with van der Waals surface area (Å²) in [5, 5.41) is 4.09. The lowest BCUT2D eigenvalue weighted by molar-refractivity contribution is 0.100. The fourth-order valence-corrected chi connectivity index (χ4v) is 1.66. The highest BCUT2D eigenvalue weighted by atomic mass is 16.1. The van der Waals surface area contributed by atoms with Gasteiger partial charge in [-0.25, -0.2) is 4.68 Å². The molecule has 1 aromatic heterocycles. The van der Waals surface area contributed by atoms with Crippen LogP contribution in [0, 0.1) is 5.92 Å². The van der Waals surface area contributed by atoms with Crippen molar-refractivity contribution < 1.29 is 4.79 Å². The van der Waals surface area contributed by atoms with Crippen molar-refractivity contribution in [3.8, 4) is 0 Å². The lowest BCUT2D eigenvalue weighted by atomic mass is 10.2. The highest BCUT2D eigenvalue weighted by Crippen LogP contribution is 2.40. The number of nitrogens with two attached hydrogens (primary N) is 2. The van der Waals surface area contributed by atoms with E-state index in [2.05, 4.69) is 12.0 Å². The van der Waals surface area contributed by atoms with Crippen LogP contribution in [0.4, 0.5) is 5.82 Å². The second kappa shape index (κ2) is 3.01. The molecular weight excluding hydrogens is 180 g/mol. The van der Waals surface area contributed by atoms with Crippen molar-refractivity contribution in [2.75, 3.05) is 5.73 Å². The molecule has 4 N–H and O–H groups in total. The first-order valence-corrected chi connectivity index (χ1v) is 4.74. The number of carbonyl (C=O) groups is 1. The van der Waals surface area contributed by atoms with Crippen molar-refractivity contribution in [2.24, 2.45) is 11.7 Å². The van der Waals surface area contributed by atoms with Crippen molar-refractivity contribution in [3.05, 3.63) is 11.8 Å². The number of carbonyl (C=O) groups excluding carboxylic acids is 1. The minimum absolute atomic E-state index is 0.267. The van der Waals surface area contributed by atoms with Gasteiger partial charge in [-0.3, -0.25) is 4.79 Å². The van der Waals surface area contributed by atoms with E-state index in [4.69, 9.17) is 11.5 Å². The van der Waals surface area contributed by atoms with Crippen LogP contribution in [0.25, 0.3) is 0 Å². The van der Waals surface area contributed by atoms with E-state index < -0.39 is 5.91 Å². The van der Waals surface area contributed by atoms with Crippen LogP contribution >= 0.6 is 0 Å². The lowest BCUT2D eigenvalue weighted by Gasteiger charge is -2.12. The molecule has 0 saturated heterocycles. The second-order valence-corrected chi connectivity index (χ2v) is 3.83. The maximum Gasteiger partial charge on any atom is 0.254 e. The molecule has 1 amide bonds. The molecule has 1 unspecified atom stereocenters. The van der Waals surface area contributed by atoms with Gasteiger partial charge < -0.3 is 11.5 Å². The Bertz CT molecular complexity index is 367. The molecule has 1 atom stereocenters. The van der Waals surface area contributed by atoms with E-state index in [1.165, 1.54) is 19.0 Å². The van der Waals surface area contributed by atoms with Crippen molar-refractivity contribution in [1.29, 1.82) is 0 Å². The third-order valence-electron chi connectivity index (χ3n) is 2.79. The van der Waals surface area contributed by atoms with Crippen LogP contribution in [0.5, 0.6) is 0 Å². The first-order valence-electron chi connectivity index (χ1n) is 4.74. The van der Waals surface area contributed by atoms with Crippen molar-refractivity contribution in [1.82, 2.24) is 9.78 Å². The molecular formula is C9H14N4O. The fourth-order valence-electron chi connectivity index (χ4n) is 1.66. The van der Waals surface area contributed by atoms with E-state index in [1.54, 1.807) is 4.68 Å². The molecule has 0 aromatic carbocycles. The molecule has 1 fully saturated rings. The van der Waals surface area contributed by atoms with Crippen LogP contribution in [-0.4, -0.2) is 15.7 Å². The van der Waals surface area contributed by atoms with Crippen LogP contribution in [0.3, 0.4) is 0 Å². The topological polar surface area (TPSA) is 86.9 Å². The van der Waals surface area contributed by atoms with Gasteiger partial charge in [-0.05, 0) is 25.7 Å². The first-order chi connectivity index (χ1) is 6.61. The minimum atomic E-state index is -0.517. The van der Waals surface area contributed by atoms with Gasteiger partial charge in [0.05, 0.1) is 12.2 Å². The SMILES string of the molecule is CC(C1CC1)n1ncc(C(N)=O)c1N. The zero-order chi connectivity index (χ0) is 10.3. The van der Waals surface area contributed by atoms with Gasteiger partial charge in [-0.15, -0.1) is 0 Å². The molecule has 5 heteroatoms. The van der Waals surface area contributed by atoms with E-state index in [1.807, 2.05) is 0 Å². The summed E-state index contributed by atoms with van der Waals surface area (Å²) in [6.07, 6.45) is 3.87. The van der Waals surface area contributed by atoms with Gasteiger partial charge in [0.15, 0.2) is 0 Å². The van der Waals surface area contributed by atoms with Crippen LogP contribution in [0.15, 0.2) is 6.20 Å². The number of rotatable bonds is 3. The molecule has 1 heterocycles. The number of hydrogen-bond acceptors (Lipinski definition) is 3. The molecule has 5 nitrogen and oxygen atoms in total.